The number of carbonyl (C=O) groups excluding carboxylic acids is 2. The fourth-order valence-corrected chi connectivity index (χ4v) is 3.11. The molecule has 148 valence electrons. The van der Waals surface area contributed by atoms with E-state index in [2.05, 4.69) is 15.5 Å². The van der Waals surface area contributed by atoms with E-state index in [0.29, 0.717) is 23.5 Å². The molecular formula is C20H17FN4O4. The third-order valence-electron chi connectivity index (χ3n) is 4.63. The molecule has 0 saturated carbocycles. The minimum Gasteiger partial charge on any atom is -0.497 e. The number of methoxy groups -OCH3 is 1. The van der Waals surface area contributed by atoms with E-state index < -0.39 is 5.91 Å². The number of hydrogen-bond donors (Lipinski definition) is 1. The largest absolute Gasteiger partial charge is 0.497 e. The monoisotopic (exact) mass is 396 g/mol. The number of carbonyl (C=O) groups is 2. The highest BCUT2D eigenvalue weighted by Crippen LogP contribution is 2.31. The lowest BCUT2D eigenvalue weighted by molar-refractivity contribution is -0.117. The van der Waals surface area contributed by atoms with Crippen LogP contribution in [0, 0.1) is 5.82 Å². The fourth-order valence-electron chi connectivity index (χ4n) is 3.11. The SMILES string of the molecule is COc1ccc(C(=O)Nc2nnc(C3CC(=O)N(c4ccc(F)cc4)C3)o2)cc1. The summed E-state index contributed by atoms with van der Waals surface area (Å²) in [7, 11) is 1.54. The second-order valence-electron chi connectivity index (χ2n) is 6.51. The Labute approximate surface area is 165 Å². The second-order valence-corrected chi connectivity index (χ2v) is 6.51. The molecule has 2 heterocycles. The molecule has 29 heavy (non-hydrogen) atoms. The van der Waals surface area contributed by atoms with Gasteiger partial charge in [0.2, 0.25) is 11.8 Å². The molecule has 0 radical (unpaired) electrons. The van der Waals surface area contributed by atoms with E-state index in [1.54, 1.807) is 48.4 Å². The van der Waals surface area contributed by atoms with Crippen molar-refractivity contribution < 1.29 is 23.1 Å². The lowest BCUT2D eigenvalue weighted by atomic mass is 10.1. The van der Waals surface area contributed by atoms with E-state index in [1.807, 2.05) is 0 Å². The molecule has 4 rings (SSSR count). The van der Waals surface area contributed by atoms with Crippen LogP contribution in [0.2, 0.25) is 0 Å². The van der Waals surface area contributed by atoms with E-state index >= 15 is 0 Å². The number of aromatic nitrogens is 2. The molecule has 1 aliphatic heterocycles. The summed E-state index contributed by atoms with van der Waals surface area (Å²) in [6.45, 7) is 0.332. The van der Waals surface area contributed by atoms with Gasteiger partial charge < -0.3 is 14.1 Å². The lowest BCUT2D eigenvalue weighted by Gasteiger charge is -2.15. The van der Waals surface area contributed by atoms with E-state index in [1.165, 1.54) is 12.1 Å². The molecule has 1 fully saturated rings. The number of anilines is 2. The summed E-state index contributed by atoms with van der Waals surface area (Å²) in [5.41, 5.74) is 1.01. The van der Waals surface area contributed by atoms with Crippen molar-refractivity contribution in [1.82, 2.24) is 10.2 Å². The number of nitrogens with one attached hydrogen (secondary N) is 1. The Morgan fingerprint density at radius 1 is 1.17 bits per heavy atom. The van der Waals surface area contributed by atoms with Crippen molar-refractivity contribution in [2.75, 3.05) is 23.9 Å². The van der Waals surface area contributed by atoms with Crippen molar-refractivity contribution >= 4 is 23.5 Å². The van der Waals surface area contributed by atoms with Gasteiger partial charge in [0, 0.05) is 24.2 Å². The summed E-state index contributed by atoms with van der Waals surface area (Å²) in [5.74, 6) is -0.314. The predicted octanol–water partition coefficient (Wildman–Crippen LogP) is 2.99. The molecule has 0 spiro atoms. The summed E-state index contributed by atoms with van der Waals surface area (Å²) < 4.78 is 23.7. The smallest absolute Gasteiger partial charge is 0.322 e. The Morgan fingerprint density at radius 3 is 2.59 bits per heavy atom. The van der Waals surface area contributed by atoms with Gasteiger partial charge in [-0.2, -0.15) is 0 Å². The van der Waals surface area contributed by atoms with Gasteiger partial charge in [0.15, 0.2) is 0 Å². The molecule has 1 saturated heterocycles. The zero-order valence-electron chi connectivity index (χ0n) is 15.5. The van der Waals surface area contributed by atoms with Gasteiger partial charge in [-0.05, 0) is 48.5 Å². The summed E-state index contributed by atoms with van der Waals surface area (Å²) in [6, 6.07) is 12.2. The van der Waals surface area contributed by atoms with Crippen molar-refractivity contribution in [3.8, 4) is 5.75 Å². The third-order valence-corrected chi connectivity index (χ3v) is 4.63. The highest BCUT2D eigenvalue weighted by Gasteiger charge is 2.35. The van der Waals surface area contributed by atoms with Crippen molar-refractivity contribution in [3.05, 3.63) is 65.8 Å². The summed E-state index contributed by atoms with van der Waals surface area (Å²) >= 11 is 0. The number of hydrogen-bond acceptors (Lipinski definition) is 6. The number of benzene rings is 2. The van der Waals surface area contributed by atoms with Crippen LogP contribution in [0.25, 0.3) is 0 Å². The van der Waals surface area contributed by atoms with Crippen LogP contribution in [-0.4, -0.2) is 35.7 Å². The first-order valence-electron chi connectivity index (χ1n) is 8.88. The minimum absolute atomic E-state index is 0.0477. The Balaban J connectivity index is 1.42. The Morgan fingerprint density at radius 2 is 1.90 bits per heavy atom. The summed E-state index contributed by atoms with van der Waals surface area (Å²) in [6.07, 6.45) is 0.186. The standard InChI is InChI=1S/C20H17FN4O4/c1-28-16-8-2-12(3-9-16)18(27)22-20-24-23-19(29-20)13-10-17(26)25(11-13)15-6-4-14(21)5-7-15/h2-9,13H,10-11H2,1H3,(H,22,24,27). The topological polar surface area (TPSA) is 97.6 Å². The van der Waals surface area contributed by atoms with Gasteiger partial charge in [-0.1, -0.05) is 5.10 Å². The Hall–Kier alpha value is -3.75. The van der Waals surface area contributed by atoms with Crippen LogP contribution in [0.1, 0.15) is 28.6 Å². The first kappa shape index (κ1) is 18.6. The number of amides is 2. The molecule has 3 aromatic rings. The average Bonchev–Trinajstić information content (AvgIpc) is 3.35. The zero-order valence-corrected chi connectivity index (χ0v) is 15.5. The van der Waals surface area contributed by atoms with Crippen LogP contribution in [0.4, 0.5) is 16.1 Å². The highest BCUT2D eigenvalue weighted by atomic mass is 19.1. The molecule has 1 unspecified atom stereocenters. The second kappa shape index (κ2) is 7.70. The lowest BCUT2D eigenvalue weighted by Crippen LogP contribution is -2.24. The molecule has 2 aromatic carbocycles. The van der Waals surface area contributed by atoms with E-state index in [-0.39, 0.29) is 36.0 Å². The minimum atomic E-state index is -0.404. The summed E-state index contributed by atoms with van der Waals surface area (Å²) in [5, 5.41) is 10.3. The molecular weight excluding hydrogens is 379 g/mol. The Bertz CT molecular complexity index is 1030. The first-order valence-corrected chi connectivity index (χ1v) is 8.88. The molecule has 1 aromatic heterocycles. The molecule has 8 nitrogen and oxygen atoms in total. The van der Waals surface area contributed by atoms with Crippen molar-refractivity contribution in [2.45, 2.75) is 12.3 Å². The van der Waals surface area contributed by atoms with Crippen molar-refractivity contribution in [1.29, 1.82) is 0 Å². The van der Waals surface area contributed by atoms with Gasteiger partial charge in [-0.3, -0.25) is 14.9 Å². The molecule has 2 amide bonds. The number of nitrogens with zero attached hydrogens (tertiary/aromatic N) is 3. The molecule has 0 aliphatic carbocycles. The van der Waals surface area contributed by atoms with Gasteiger partial charge in [0.25, 0.3) is 5.91 Å². The third kappa shape index (κ3) is 3.93. The maximum atomic E-state index is 13.1. The predicted molar refractivity (Wildman–Crippen MR) is 101 cm³/mol. The fraction of sp³-hybridized carbons (Fsp3) is 0.200. The van der Waals surface area contributed by atoms with Crippen molar-refractivity contribution in [3.63, 3.8) is 0 Å². The van der Waals surface area contributed by atoms with Crippen LogP contribution in [0.5, 0.6) is 5.75 Å². The van der Waals surface area contributed by atoms with Crippen molar-refractivity contribution in [2.24, 2.45) is 0 Å². The molecule has 1 aliphatic rings. The average molecular weight is 396 g/mol. The van der Waals surface area contributed by atoms with Crippen LogP contribution in [-0.2, 0) is 4.79 Å². The normalized spacial score (nSPS) is 16.1. The van der Waals surface area contributed by atoms with Gasteiger partial charge in [0.05, 0.1) is 13.0 Å². The zero-order chi connectivity index (χ0) is 20.4. The first-order chi connectivity index (χ1) is 14.0. The Kier molecular flexibility index (Phi) is 4.94. The van der Waals surface area contributed by atoms with Gasteiger partial charge in [-0.15, -0.1) is 5.10 Å². The summed E-state index contributed by atoms with van der Waals surface area (Å²) in [4.78, 5) is 26.2. The number of ether oxygens (including phenoxy) is 1. The highest BCUT2D eigenvalue weighted by molar-refractivity contribution is 6.03. The molecule has 1 N–H and O–H groups in total. The van der Waals surface area contributed by atoms with Gasteiger partial charge in [-0.25, -0.2) is 4.39 Å². The molecule has 1 atom stereocenters. The van der Waals surface area contributed by atoms with Crippen LogP contribution >= 0.6 is 0 Å². The van der Waals surface area contributed by atoms with Crippen LogP contribution in [0.15, 0.2) is 52.9 Å². The van der Waals surface area contributed by atoms with Gasteiger partial charge >= 0.3 is 6.01 Å². The molecule has 9 heteroatoms. The molecule has 0 bridgehead atoms. The van der Waals surface area contributed by atoms with E-state index in [9.17, 15) is 14.0 Å². The number of halogens is 1. The van der Waals surface area contributed by atoms with Crippen LogP contribution in [0.3, 0.4) is 0 Å². The number of rotatable bonds is 5. The quantitative estimate of drug-likeness (QED) is 0.712. The maximum Gasteiger partial charge on any atom is 0.322 e. The van der Waals surface area contributed by atoms with Crippen LogP contribution < -0.4 is 15.0 Å². The van der Waals surface area contributed by atoms with Gasteiger partial charge in [0.1, 0.15) is 11.6 Å². The van der Waals surface area contributed by atoms with E-state index in [4.69, 9.17) is 9.15 Å². The van der Waals surface area contributed by atoms with E-state index in [0.717, 1.165) is 0 Å². The maximum absolute atomic E-state index is 13.1.